The van der Waals surface area contributed by atoms with E-state index in [-0.39, 0.29) is 59.4 Å². The van der Waals surface area contributed by atoms with Crippen LogP contribution in [0.1, 0.15) is 48.8 Å². The van der Waals surface area contributed by atoms with Gasteiger partial charge in [0.2, 0.25) is 5.91 Å². The lowest BCUT2D eigenvalue weighted by Crippen LogP contribution is -2.40. The third-order valence-corrected chi connectivity index (χ3v) is 10.5. The van der Waals surface area contributed by atoms with Gasteiger partial charge >= 0.3 is 0 Å². The van der Waals surface area contributed by atoms with Crippen LogP contribution in [0.25, 0.3) is 0 Å². The topological polar surface area (TPSA) is 170 Å². The number of primary amides is 1. The number of nitro groups is 1. The van der Waals surface area contributed by atoms with Crippen LogP contribution in [0.2, 0.25) is 0 Å². The number of non-ortho nitro benzene ring substituents is 1. The summed E-state index contributed by atoms with van der Waals surface area (Å²) in [6.07, 6.45) is 0.402. The van der Waals surface area contributed by atoms with Crippen molar-refractivity contribution < 1.29 is 36.5 Å². The van der Waals surface area contributed by atoms with Crippen LogP contribution in [0.5, 0.6) is 0 Å². The number of piperidine rings is 1. The summed E-state index contributed by atoms with van der Waals surface area (Å²) in [4.78, 5) is 46.3. The van der Waals surface area contributed by atoms with Crippen LogP contribution in [0.4, 0.5) is 14.5 Å². The first-order chi connectivity index (χ1) is 21.9. The number of amides is 2. The van der Waals surface area contributed by atoms with Crippen molar-refractivity contribution in [2.45, 2.75) is 23.6 Å². The van der Waals surface area contributed by atoms with Gasteiger partial charge in [-0.3, -0.25) is 24.5 Å². The number of nitrogens with one attached hydrogen (secondary N) is 1. The van der Waals surface area contributed by atoms with Crippen LogP contribution in [-0.2, 0) is 16.6 Å². The fourth-order valence-corrected chi connectivity index (χ4v) is 7.54. The van der Waals surface area contributed by atoms with E-state index in [4.69, 9.17) is 5.73 Å². The van der Waals surface area contributed by atoms with Gasteiger partial charge in [-0.1, -0.05) is 24.3 Å². The smallest absolute Gasteiger partial charge is 0.270 e. The molecule has 240 valence electrons. The molecule has 1 aliphatic heterocycles. The number of hydrogen-bond acceptors (Lipinski definition) is 8. The number of Topliss-reactive ketones (excluding diaryl/α,β-unsaturated/α-hetero) is 1. The molecule has 4 aromatic rings. The highest BCUT2D eigenvalue weighted by molar-refractivity contribution is 7.91. The molecule has 3 N–H and O–H groups in total. The van der Waals surface area contributed by atoms with E-state index in [0.717, 1.165) is 29.5 Å². The Morgan fingerprint density at radius 1 is 0.935 bits per heavy atom. The Kier molecular flexibility index (Phi) is 11.1. The fourth-order valence-electron chi connectivity index (χ4n) is 4.62. The lowest BCUT2D eigenvalue weighted by atomic mass is 9.89. The number of hydrogen-bond donors (Lipinski definition) is 2. The molecule has 0 atom stereocenters. The predicted octanol–water partition coefficient (Wildman–Crippen LogP) is 4.93. The quantitative estimate of drug-likeness (QED) is 0.144. The summed E-state index contributed by atoms with van der Waals surface area (Å²) >= 11 is 0.981. The summed E-state index contributed by atoms with van der Waals surface area (Å²) < 4.78 is 54.6. The summed E-state index contributed by atoms with van der Waals surface area (Å²) in [7, 11) is -3.85. The Bertz CT molecular complexity index is 1860. The molecular formula is C31H28F2N4O7S2. The zero-order valence-corrected chi connectivity index (χ0v) is 25.7. The average molecular weight is 671 g/mol. The number of thiophene rings is 1. The monoisotopic (exact) mass is 670 g/mol. The lowest BCUT2D eigenvalue weighted by molar-refractivity contribution is -0.384. The van der Waals surface area contributed by atoms with E-state index in [0.29, 0.717) is 16.5 Å². The highest BCUT2D eigenvalue weighted by Gasteiger charge is 2.34. The molecule has 0 radical (unpaired) electrons. The fraction of sp³-hybridized carbons (Fsp3) is 0.194. The van der Waals surface area contributed by atoms with E-state index in [2.05, 4.69) is 5.32 Å². The van der Waals surface area contributed by atoms with Crippen molar-refractivity contribution in [3.8, 4) is 0 Å². The number of nitrogens with two attached hydrogens (primary N) is 1. The molecule has 0 unspecified atom stereocenters. The van der Waals surface area contributed by atoms with Crippen molar-refractivity contribution in [2.75, 3.05) is 13.1 Å². The second-order valence-electron chi connectivity index (χ2n) is 10.1. The molecule has 11 nitrogen and oxygen atoms in total. The summed E-state index contributed by atoms with van der Waals surface area (Å²) in [6.45, 7) is 0.165. The molecule has 0 saturated carbocycles. The highest BCUT2D eigenvalue weighted by Crippen LogP contribution is 2.30. The molecule has 46 heavy (non-hydrogen) atoms. The van der Waals surface area contributed by atoms with Gasteiger partial charge in [0, 0.05) is 53.2 Å². The van der Waals surface area contributed by atoms with Gasteiger partial charge in [-0.2, -0.15) is 4.31 Å². The van der Waals surface area contributed by atoms with E-state index in [9.17, 15) is 41.7 Å². The number of nitrogens with zero attached hydrogens (tertiary/aromatic N) is 2. The number of carbonyl (C=O) groups is 3. The maximum Gasteiger partial charge on any atom is 0.270 e. The van der Waals surface area contributed by atoms with E-state index in [1.165, 1.54) is 28.6 Å². The van der Waals surface area contributed by atoms with E-state index < -0.39 is 44.2 Å². The van der Waals surface area contributed by atoms with E-state index in [1.807, 2.05) is 6.07 Å². The molecule has 1 aliphatic rings. The van der Waals surface area contributed by atoms with Gasteiger partial charge in [-0.15, -0.1) is 11.3 Å². The van der Waals surface area contributed by atoms with Gasteiger partial charge in [0.1, 0.15) is 15.8 Å². The molecular weight excluding hydrogens is 642 g/mol. The van der Waals surface area contributed by atoms with Gasteiger partial charge in [0.25, 0.3) is 21.6 Å². The molecule has 2 amide bonds. The lowest BCUT2D eigenvalue weighted by Gasteiger charge is -2.30. The van der Waals surface area contributed by atoms with Gasteiger partial charge in [0.15, 0.2) is 5.78 Å². The number of rotatable bonds is 9. The molecule has 15 heteroatoms. The number of halogens is 2. The van der Waals surface area contributed by atoms with Gasteiger partial charge in [0.05, 0.1) is 17.0 Å². The summed E-state index contributed by atoms with van der Waals surface area (Å²) in [6, 6.07) is 19.8. The van der Waals surface area contributed by atoms with Crippen molar-refractivity contribution in [2.24, 2.45) is 11.7 Å². The molecule has 2 heterocycles. The molecule has 3 aromatic carbocycles. The summed E-state index contributed by atoms with van der Waals surface area (Å²) in [5.74, 6) is -3.69. The second-order valence-corrected chi connectivity index (χ2v) is 13.4. The van der Waals surface area contributed by atoms with Gasteiger partial charge in [-0.25, -0.2) is 17.2 Å². The number of ketones is 1. The first-order valence-electron chi connectivity index (χ1n) is 13.8. The summed E-state index contributed by atoms with van der Waals surface area (Å²) in [5, 5.41) is 13.5. The van der Waals surface area contributed by atoms with Crippen LogP contribution in [-0.4, -0.2) is 48.3 Å². The van der Waals surface area contributed by atoms with Crippen molar-refractivity contribution in [1.82, 2.24) is 9.62 Å². The third-order valence-electron chi connectivity index (χ3n) is 7.05. The largest absolute Gasteiger partial charge is 0.366 e. The Hall–Kier alpha value is -4.86. The Labute approximate surface area is 266 Å². The van der Waals surface area contributed by atoms with E-state index >= 15 is 0 Å². The first-order valence-corrected chi connectivity index (χ1v) is 16.1. The molecule has 1 saturated heterocycles. The van der Waals surface area contributed by atoms with Crippen LogP contribution in [0.15, 0.2) is 89.1 Å². The van der Waals surface area contributed by atoms with Crippen molar-refractivity contribution in [1.29, 1.82) is 0 Å². The minimum Gasteiger partial charge on any atom is -0.366 e. The predicted molar refractivity (Wildman–Crippen MR) is 166 cm³/mol. The SMILES string of the molecule is NC(=O)c1ccccc1.O=C(NCc1ccc(S(=O)(=O)N2CCC(C(=O)c3ccc(F)cc3F)CC2)s1)c1cccc([N+](=O)[O-])c1. The number of sulfonamides is 1. The minimum absolute atomic E-state index is 0.0293. The maximum atomic E-state index is 14.0. The zero-order valence-electron chi connectivity index (χ0n) is 24.1. The van der Waals surface area contributed by atoms with Crippen LogP contribution in [0.3, 0.4) is 0 Å². The second kappa shape index (κ2) is 14.9. The summed E-state index contributed by atoms with van der Waals surface area (Å²) in [5.41, 5.74) is 5.21. The number of nitro benzene ring substituents is 1. The standard InChI is InChI=1S/C24H21F2N3O6S2.C7H7NO/c25-17-4-6-20(21(26)13-17)23(30)15-8-10-28(11-9-15)37(34,35)22-7-5-19(36-22)14-27-24(31)16-2-1-3-18(12-16)29(32)33;8-7(9)6-4-2-1-3-5-6/h1-7,12-13,15H,8-11,14H2,(H,27,31);1-5H,(H2,8,9). The normalized spacial score (nSPS) is 13.7. The van der Waals surface area contributed by atoms with Gasteiger partial charge in [-0.05, 0) is 55.3 Å². The van der Waals surface area contributed by atoms with Crippen LogP contribution >= 0.6 is 11.3 Å². The molecule has 1 fully saturated rings. The minimum atomic E-state index is -3.85. The van der Waals surface area contributed by atoms with Crippen LogP contribution in [0, 0.1) is 27.7 Å². The molecule has 0 bridgehead atoms. The van der Waals surface area contributed by atoms with Crippen molar-refractivity contribution in [3.05, 3.63) is 128 Å². The maximum absolute atomic E-state index is 14.0. The number of carbonyl (C=O) groups excluding carboxylic acids is 3. The van der Waals surface area contributed by atoms with E-state index in [1.54, 1.807) is 30.3 Å². The zero-order chi connectivity index (χ0) is 33.4. The molecule has 5 rings (SSSR count). The van der Waals surface area contributed by atoms with Crippen LogP contribution < -0.4 is 11.1 Å². The first kappa shape index (κ1) is 34.0. The molecule has 0 aliphatic carbocycles. The average Bonchev–Trinajstić information content (AvgIpc) is 3.54. The Morgan fingerprint density at radius 2 is 1.61 bits per heavy atom. The van der Waals surface area contributed by atoms with Crippen molar-refractivity contribution in [3.63, 3.8) is 0 Å². The van der Waals surface area contributed by atoms with Crippen molar-refractivity contribution >= 4 is 44.6 Å². The molecule has 1 aromatic heterocycles. The Balaban J connectivity index is 0.000000459. The molecule has 0 spiro atoms. The van der Waals surface area contributed by atoms with Gasteiger partial charge < -0.3 is 11.1 Å². The third kappa shape index (κ3) is 8.44. The Morgan fingerprint density at radius 3 is 2.22 bits per heavy atom. The number of benzene rings is 3. The highest BCUT2D eigenvalue weighted by atomic mass is 32.2.